The van der Waals surface area contributed by atoms with Gasteiger partial charge in [-0.2, -0.15) is 0 Å². The number of carbonyl (C=O) groups is 1. The molecule has 0 saturated carbocycles. The van der Waals surface area contributed by atoms with E-state index in [1.807, 2.05) is 0 Å². The van der Waals surface area contributed by atoms with Gasteiger partial charge in [0, 0.05) is 6.61 Å². The van der Waals surface area contributed by atoms with E-state index in [4.69, 9.17) is 9.84 Å². The lowest BCUT2D eigenvalue weighted by atomic mass is 10.3. The maximum Gasteiger partial charge on any atom is 0.356 e. The average molecular weight is 209 g/mol. The smallest absolute Gasteiger partial charge is 0.356 e. The molecule has 1 saturated heterocycles. The Hall–Kier alpha value is -1.69. The summed E-state index contributed by atoms with van der Waals surface area (Å²) in [7, 11) is 0. The van der Waals surface area contributed by atoms with Crippen LogP contribution in [0, 0.1) is 0 Å². The zero-order valence-electron chi connectivity index (χ0n) is 8.01. The number of hydrogen-bond donors (Lipinski definition) is 2. The molecule has 1 atom stereocenters. The fourth-order valence-electron chi connectivity index (χ4n) is 1.37. The maximum atomic E-state index is 10.5. The van der Waals surface area contributed by atoms with Crippen molar-refractivity contribution in [3.8, 4) is 0 Å². The number of aromatic nitrogens is 2. The first-order valence-corrected chi connectivity index (χ1v) is 4.65. The highest BCUT2D eigenvalue weighted by Crippen LogP contribution is 2.10. The largest absolute Gasteiger partial charge is 0.476 e. The van der Waals surface area contributed by atoms with Crippen LogP contribution < -0.4 is 5.32 Å². The van der Waals surface area contributed by atoms with Gasteiger partial charge in [-0.1, -0.05) is 0 Å². The number of aromatic carboxylic acids is 1. The van der Waals surface area contributed by atoms with E-state index in [1.165, 1.54) is 12.4 Å². The summed E-state index contributed by atoms with van der Waals surface area (Å²) in [5.74, 6) is -0.492. The number of hydrogen-bond acceptors (Lipinski definition) is 5. The second kappa shape index (κ2) is 4.22. The first-order chi connectivity index (χ1) is 7.25. The molecule has 0 aliphatic carbocycles. The van der Waals surface area contributed by atoms with Crippen LogP contribution in [0.5, 0.6) is 0 Å². The van der Waals surface area contributed by atoms with Crippen LogP contribution >= 0.6 is 0 Å². The summed E-state index contributed by atoms with van der Waals surface area (Å²) < 4.78 is 5.19. The molecule has 1 unspecified atom stereocenters. The van der Waals surface area contributed by atoms with E-state index in [9.17, 15) is 4.79 Å². The molecule has 0 aromatic carbocycles. The van der Waals surface area contributed by atoms with Gasteiger partial charge in [0.25, 0.3) is 0 Å². The molecule has 0 amide bonds. The van der Waals surface area contributed by atoms with Gasteiger partial charge >= 0.3 is 5.97 Å². The Labute approximate surface area is 86.3 Å². The molecule has 15 heavy (non-hydrogen) atoms. The summed E-state index contributed by atoms with van der Waals surface area (Å²) >= 11 is 0. The summed E-state index contributed by atoms with van der Waals surface area (Å²) in [5.41, 5.74) is -0.0526. The predicted octanol–water partition coefficient (Wildman–Crippen LogP) is 0.376. The first-order valence-electron chi connectivity index (χ1n) is 4.65. The third-order valence-corrected chi connectivity index (χ3v) is 2.15. The van der Waals surface area contributed by atoms with E-state index in [-0.39, 0.29) is 11.7 Å². The molecule has 1 aromatic heterocycles. The summed E-state index contributed by atoms with van der Waals surface area (Å²) in [6.07, 6.45) is 3.59. The van der Waals surface area contributed by atoms with Crippen LogP contribution in [-0.2, 0) is 4.74 Å². The zero-order chi connectivity index (χ0) is 10.7. The second-order valence-corrected chi connectivity index (χ2v) is 3.30. The van der Waals surface area contributed by atoms with Crippen LogP contribution in [0.1, 0.15) is 16.9 Å². The van der Waals surface area contributed by atoms with E-state index in [2.05, 4.69) is 15.3 Å². The normalized spacial score (nSPS) is 20.1. The molecule has 0 radical (unpaired) electrons. The highest BCUT2D eigenvalue weighted by atomic mass is 16.5. The Morgan fingerprint density at radius 2 is 2.40 bits per heavy atom. The summed E-state index contributed by atoms with van der Waals surface area (Å²) in [4.78, 5) is 18.2. The molecule has 1 fully saturated rings. The molecule has 2 N–H and O–H groups in total. The van der Waals surface area contributed by atoms with Gasteiger partial charge in [0.2, 0.25) is 0 Å². The van der Waals surface area contributed by atoms with Crippen LogP contribution in [0.3, 0.4) is 0 Å². The topological polar surface area (TPSA) is 84.3 Å². The molecule has 2 heterocycles. The first kappa shape index (κ1) is 9.85. The van der Waals surface area contributed by atoms with Gasteiger partial charge in [-0.25, -0.2) is 14.8 Å². The molecule has 2 rings (SSSR count). The van der Waals surface area contributed by atoms with Crippen LogP contribution in [0.15, 0.2) is 12.4 Å². The van der Waals surface area contributed by atoms with Crippen molar-refractivity contribution >= 4 is 11.8 Å². The van der Waals surface area contributed by atoms with Crippen molar-refractivity contribution in [2.45, 2.75) is 12.5 Å². The van der Waals surface area contributed by atoms with Crippen molar-refractivity contribution < 1.29 is 14.6 Å². The maximum absolute atomic E-state index is 10.5. The highest BCUT2D eigenvalue weighted by Gasteiger charge is 2.15. The third-order valence-electron chi connectivity index (χ3n) is 2.15. The van der Waals surface area contributed by atoms with Crippen molar-refractivity contribution in [3.63, 3.8) is 0 Å². The van der Waals surface area contributed by atoms with Crippen molar-refractivity contribution in [2.24, 2.45) is 0 Å². The molecule has 1 aliphatic rings. The van der Waals surface area contributed by atoms with E-state index in [0.717, 1.165) is 13.0 Å². The van der Waals surface area contributed by atoms with Crippen LogP contribution in [0.25, 0.3) is 0 Å². The van der Waals surface area contributed by atoms with Crippen LogP contribution in [0.2, 0.25) is 0 Å². The van der Waals surface area contributed by atoms with Gasteiger partial charge in [-0.05, 0) is 6.42 Å². The molecule has 80 valence electrons. The molecule has 0 spiro atoms. The quantitative estimate of drug-likeness (QED) is 0.748. The Bertz CT molecular complexity index is 346. The SMILES string of the molecule is O=C(O)c1cnc(NC2CCOC2)cn1. The number of ether oxygens (including phenoxy) is 1. The number of nitrogens with one attached hydrogen (secondary N) is 1. The van der Waals surface area contributed by atoms with Crippen molar-refractivity contribution in [1.29, 1.82) is 0 Å². The lowest BCUT2D eigenvalue weighted by Gasteiger charge is -2.10. The molecule has 6 nitrogen and oxygen atoms in total. The van der Waals surface area contributed by atoms with Gasteiger partial charge in [0.1, 0.15) is 5.82 Å². The minimum Gasteiger partial charge on any atom is -0.476 e. The molecular formula is C9H11N3O3. The third kappa shape index (κ3) is 2.41. The van der Waals surface area contributed by atoms with Gasteiger partial charge in [0.05, 0.1) is 25.0 Å². The molecule has 1 aliphatic heterocycles. The summed E-state index contributed by atoms with van der Waals surface area (Å²) in [6.45, 7) is 1.40. The van der Waals surface area contributed by atoms with E-state index >= 15 is 0 Å². The summed E-state index contributed by atoms with van der Waals surface area (Å²) in [5, 5.41) is 11.7. The highest BCUT2D eigenvalue weighted by molar-refractivity contribution is 5.84. The van der Waals surface area contributed by atoms with E-state index < -0.39 is 5.97 Å². The number of carboxylic acids is 1. The van der Waals surface area contributed by atoms with E-state index in [1.54, 1.807) is 0 Å². The Balaban J connectivity index is 2.00. The van der Waals surface area contributed by atoms with Gasteiger partial charge < -0.3 is 15.2 Å². The Morgan fingerprint density at radius 1 is 1.53 bits per heavy atom. The van der Waals surface area contributed by atoms with Crippen molar-refractivity contribution in [2.75, 3.05) is 18.5 Å². The molecule has 6 heteroatoms. The molecule has 1 aromatic rings. The number of rotatable bonds is 3. The van der Waals surface area contributed by atoms with E-state index in [0.29, 0.717) is 12.4 Å². The van der Waals surface area contributed by atoms with Crippen molar-refractivity contribution in [3.05, 3.63) is 18.1 Å². The second-order valence-electron chi connectivity index (χ2n) is 3.30. The fraction of sp³-hybridized carbons (Fsp3) is 0.444. The minimum absolute atomic E-state index is 0.0526. The lowest BCUT2D eigenvalue weighted by molar-refractivity contribution is 0.0690. The van der Waals surface area contributed by atoms with Gasteiger partial charge in [-0.15, -0.1) is 0 Å². The predicted molar refractivity (Wildman–Crippen MR) is 51.8 cm³/mol. The number of nitrogens with zero attached hydrogens (tertiary/aromatic N) is 2. The number of anilines is 1. The number of carboxylic acid groups (broad SMARTS) is 1. The van der Waals surface area contributed by atoms with Crippen LogP contribution in [-0.4, -0.2) is 40.3 Å². The lowest BCUT2D eigenvalue weighted by Crippen LogP contribution is -2.20. The fourth-order valence-corrected chi connectivity index (χ4v) is 1.37. The van der Waals surface area contributed by atoms with Crippen molar-refractivity contribution in [1.82, 2.24) is 9.97 Å². The Kier molecular flexibility index (Phi) is 2.77. The summed E-state index contributed by atoms with van der Waals surface area (Å²) in [6, 6.07) is 0.245. The van der Waals surface area contributed by atoms with Gasteiger partial charge in [0.15, 0.2) is 5.69 Å². The molecular weight excluding hydrogens is 198 g/mol. The van der Waals surface area contributed by atoms with Gasteiger partial charge in [-0.3, -0.25) is 0 Å². The monoisotopic (exact) mass is 209 g/mol. The van der Waals surface area contributed by atoms with Crippen LogP contribution in [0.4, 0.5) is 5.82 Å². The average Bonchev–Trinajstić information content (AvgIpc) is 2.71. The Morgan fingerprint density at radius 3 is 2.93 bits per heavy atom. The zero-order valence-corrected chi connectivity index (χ0v) is 8.01. The standard InChI is InChI=1S/C9H11N3O3/c13-9(14)7-3-11-8(4-10-7)12-6-1-2-15-5-6/h3-4,6H,1-2,5H2,(H,11,12)(H,13,14). The minimum atomic E-state index is -1.07. The molecule has 0 bridgehead atoms.